The molecular weight excluding hydrogens is 595 g/mol. The molecule has 0 aliphatic carbocycles. The summed E-state index contributed by atoms with van der Waals surface area (Å²) in [6, 6.07) is 10.6. The number of nitrogens with one attached hydrogen (secondary N) is 1. The minimum absolute atomic E-state index is 0.00179. The molecule has 1 aliphatic rings. The van der Waals surface area contributed by atoms with Gasteiger partial charge in [0.25, 0.3) is 5.82 Å². The normalized spacial score (nSPS) is 14.3. The predicted molar refractivity (Wildman–Crippen MR) is 151 cm³/mol. The number of ether oxygens (including phenoxy) is 1. The number of benzene rings is 2. The van der Waals surface area contributed by atoms with Gasteiger partial charge >= 0.3 is 17.8 Å². The Morgan fingerprint density at radius 3 is 2.56 bits per heavy atom. The van der Waals surface area contributed by atoms with Crippen LogP contribution in [0.5, 0.6) is 0 Å². The molecule has 234 valence electrons. The van der Waals surface area contributed by atoms with Crippen LogP contribution in [-0.4, -0.2) is 38.9 Å². The molecule has 0 spiro atoms. The molecule has 0 unspecified atom stereocenters. The summed E-state index contributed by atoms with van der Waals surface area (Å²) in [5.74, 6) is 0.233. The number of nitriles is 1. The Balaban J connectivity index is 0.00000148. The van der Waals surface area contributed by atoms with Crippen molar-refractivity contribution in [3.63, 3.8) is 0 Å². The highest BCUT2D eigenvalue weighted by Crippen LogP contribution is 2.43. The second kappa shape index (κ2) is 12.9. The first-order valence-electron chi connectivity index (χ1n) is 13.4. The molecule has 0 saturated heterocycles. The van der Waals surface area contributed by atoms with E-state index in [1.807, 2.05) is 35.5 Å². The van der Waals surface area contributed by atoms with Gasteiger partial charge < -0.3 is 14.6 Å². The molecule has 1 N–H and O–H groups in total. The quantitative estimate of drug-likeness (QED) is 0.195. The van der Waals surface area contributed by atoms with Crippen molar-refractivity contribution in [1.29, 1.82) is 5.26 Å². The van der Waals surface area contributed by atoms with Gasteiger partial charge in [-0.3, -0.25) is 4.90 Å². The Kier molecular flexibility index (Phi) is 9.26. The van der Waals surface area contributed by atoms with Gasteiger partial charge in [0.05, 0.1) is 43.5 Å². The van der Waals surface area contributed by atoms with E-state index in [2.05, 4.69) is 16.3 Å². The number of hydrogen-bond acceptors (Lipinski definition) is 8. The lowest BCUT2D eigenvalue weighted by Crippen LogP contribution is -2.38. The van der Waals surface area contributed by atoms with Crippen LogP contribution in [0, 0.1) is 18.3 Å². The molecule has 45 heavy (non-hydrogen) atoms. The fourth-order valence-electron chi connectivity index (χ4n) is 5.31. The van der Waals surface area contributed by atoms with Gasteiger partial charge in [-0.25, -0.2) is 28.4 Å². The van der Waals surface area contributed by atoms with Gasteiger partial charge in [0.2, 0.25) is 5.95 Å². The number of alkyl halides is 3. The Morgan fingerprint density at radius 2 is 1.96 bits per heavy atom. The van der Waals surface area contributed by atoms with E-state index in [1.165, 1.54) is 28.7 Å². The maximum absolute atomic E-state index is 13.6. The van der Waals surface area contributed by atoms with Crippen molar-refractivity contribution in [3.8, 4) is 6.07 Å². The topological polar surface area (TPSA) is 153 Å². The number of hydrogen-bond donors (Lipinski definition) is 1. The second-order valence-corrected chi connectivity index (χ2v) is 10.00. The van der Waals surface area contributed by atoms with Crippen LogP contribution in [0.25, 0.3) is 0 Å². The molecule has 0 bridgehead atoms. The number of aryl methyl sites for hydroxylation is 3. The second-order valence-electron chi connectivity index (χ2n) is 10.00. The van der Waals surface area contributed by atoms with Crippen molar-refractivity contribution < 1.29 is 37.2 Å². The van der Waals surface area contributed by atoms with E-state index in [4.69, 9.17) is 14.6 Å². The lowest BCUT2D eigenvalue weighted by atomic mass is 9.89. The maximum Gasteiger partial charge on any atom is 0.416 e. The molecule has 12 nitrogen and oxygen atoms in total. The monoisotopic (exact) mass is 623 g/mol. The number of esters is 1. The van der Waals surface area contributed by atoms with Crippen LogP contribution in [0.2, 0.25) is 0 Å². The van der Waals surface area contributed by atoms with Crippen LogP contribution in [0.4, 0.5) is 24.8 Å². The number of halogens is 3. The molecule has 2 aromatic carbocycles. The fourth-order valence-corrected chi connectivity index (χ4v) is 5.31. The van der Waals surface area contributed by atoms with Crippen molar-refractivity contribution in [2.45, 2.75) is 39.0 Å². The highest BCUT2D eigenvalue weighted by Gasteiger charge is 2.41. The van der Waals surface area contributed by atoms with Crippen LogP contribution in [0.3, 0.4) is 0 Å². The van der Waals surface area contributed by atoms with Crippen LogP contribution in [0.15, 0.2) is 70.9 Å². The number of methoxy groups -OCH3 is 1. The molecule has 15 heteroatoms. The van der Waals surface area contributed by atoms with Crippen LogP contribution >= 0.6 is 0 Å². The zero-order valence-corrected chi connectivity index (χ0v) is 24.6. The number of anilines is 2. The molecular formula is C30H28F3N7O5. The summed E-state index contributed by atoms with van der Waals surface area (Å²) in [6.45, 7) is 3.57. The summed E-state index contributed by atoms with van der Waals surface area (Å²) in [5.41, 5.74) is 0.406. The van der Waals surface area contributed by atoms with Gasteiger partial charge in [0.15, 0.2) is 0 Å². The number of nitrogens with zero attached hydrogens (tertiary/aromatic N) is 6. The number of fused-ring (bicyclic) bond motifs is 1. The molecule has 3 heterocycles. The molecule has 0 fully saturated rings. The first-order chi connectivity index (χ1) is 21.4. The summed E-state index contributed by atoms with van der Waals surface area (Å²) < 4.78 is 51.1. The lowest BCUT2D eigenvalue weighted by Gasteiger charge is -2.36. The fraction of sp³-hybridized carbons (Fsp3) is 0.267. The third-order valence-electron chi connectivity index (χ3n) is 7.56. The number of carbonyl (C=O) groups excluding carboxylic acids is 2. The van der Waals surface area contributed by atoms with E-state index >= 15 is 0 Å². The number of H-pyrrole nitrogens is 1. The highest BCUT2D eigenvalue weighted by molar-refractivity contribution is 5.93. The van der Waals surface area contributed by atoms with E-state index in [0.717, 1.165) is 18.0 Å². The molecule has 2 aromatic heterocycles. The Bertz CT molecular complexity index is 1880. The van der Waals surface area contributed by atoms with Gasteiger partial charge in [0, 0.05) is 31.2 Å². The van der Waals surface area contributed by atoms with Gasteiger partial charge in [-0.1, -0.05) is 12.1 Å². The number of rotatable bonds is 6. The lowest BCUT2D eigenvalue weighted by molar-refractivity contribution is -0.677. The third-order valence-corrected chi connectivity index (χ3v) is 7.56. The smallest absolute Gasteiger partial charge is 0.416 e. The van der Waals surface area contributed by atoms with E-state index in [9.17, 15) is 28.0 Å². The minimum atomic E-state index is -4.62. The average Bonchev–Trinajstić information content (AvgIpc) is 3.55. The summed E-state index contributed by atoms with van der Waals surface area (Å²) in [4.78, 5) is 36.2. The van der Waals surface area contributed by atoms with Crippen molar-refractivity contribution in [2.75, 3.05) is 12.0 Å². The van der Waals surface area contributed by atoms with Gasteiger partial charge in [0.1, 0.15) is 18.4 Å². The SMILES string of the molecule is COC(=O)C1=C(C)N(c2cccc(C(F)(F)F)c2)c2n[nH]c(=O)n2[C@@H]1c1ccc(C#N)cc1CCn1cc[n+](C)c1C.O=C[O-]. The molecule has 0 radical (unpaired) electrons. The van der Waals surface area contributed by atoms with Gasteiger partial charge in [-0.15, -0.1) is 5.10 Å². The molecule has 1 aliphatic heterocycles. The molecule has 0 saturated carbocycles. The maximum atomic E-state index is 13.6. The third kappa shape index (κ3) is 6.21. The zero-order valence-electron chi connectivity index (χ0n) is 24.6. The van der Waals surface area contributed by atoms with Gasteiger partial charge in [-0.2, -0.15) is 18.4 Å². The van der Waals surface area contributed by atoms with Crippen molar-refractivity contribution in [2.24, 2.45) is 7.05 Å². The van der Waals surface area contributed by atoms with Crippen molar-refractivity contribution in [3.05, 3.63) is 105 Å². The first-order valence-corrected chi connectivity index (χ1v) is 13.4. The summed E-state index contributed by atoms with van der Waals surface area (Å²) in [7, 11) is 3.12. The van der Waals surface area contributed by atoms with E-state index in [1.54, 1.807) is 25.1 Å². The average molecular weight is 624 g/mol. The Hall–Kier alpha value is -5.65. The predicted octanol–water partition coefficient (Wildman–Crippen LogP) is 2.19. The largest absolute Gasteiger partial charge is 0.554 e. The molecule has 5 rings (SSSR count). The van der Waals surface area contributed by atoms with Crippen LogP contribution < -0.4 is 20.3 Å². The van der Waals surface area contributed by atoms with Crippen molar-refractivity contribution >= 4 is 24.1 Å². The summed E-state index contributed by atoms with van der Waals surface area (Å²) in [6.07, 6.45) is -0.317. The zero-order chi connectivity index (χ0) is 33.1. The Labute approximate surface area is 254 Å². The Morgan fingerprint density at radius 1 is 1.24 bits per heavy atom. The standard InChI is InChI=1S/C29H26F3N7O3.CH2O2/c1-17-24(26(40)42-4)25(23-9-8-19(16-33)14-20(23)10-11-37-13-12-36(3)18(37)2)39-27(34-35-28(39)41)38(17)22-7-5-6-21(15-22)29(30,31)32;2-1-3/h5-9,12-15,25H,10-11H2,1-4H3;1H,(H,2,3)/t25-;/m1./s1. The molecule has 0 amide bonds. The summed E-state index contributed by atoms with van der Waals surface area (Å²) in [5, 5.41) is 24.4. The van der Waals surface area contributed by atoms with E-state index < -0.39 is 35.9 Å². The number of aromatic amines is 1. The number of carboxylic acid groups (broad SMARTS) is 1. The highest BCUT2D eigenvalue weighted by atomic mass is 19.4. The summed E-state index contributed by atoms with van der Waals surface area (Å²) >= 11 is 0. The number of carbonyl (C=O) groups is 2. The minimum Gasteiger partial charge on any atom is -0.554 e. The van der Waals surface area contributed by atoms with Crippen molar-refractivity contribution in [1.82, 2.24) is 19.3 Å². The van der Waals surface area contributed by atoms with Crippen LogP contribution in [0.1, 0.15) is 41.0 Å². The van der Waals surface area contributed by atoms with E-state index in [0.29, 0.717) is 29.7 Å². The van der Waals surface area contributed by atoms with Gasteiger partial charge in [-0.05, 0) is 48.4 Å². The number of imidazole rings is 1. The molecule has 4 aromatic rings. The number of aromatic nitrogens is 5. The van der Waals surface area contributed by atoms with E-state index in [-0.39, 0.29) is 22.9 Å². The first kappa shape index (κ1) is 32.3. The number of allylic oxidation sites excluding steroid dienone is 1. The molecule has 1 atom stereocenters. The van der Waals surface area contributed by atoms with Crippen LogP contribution in [-0.2, 0) is 40.5 Å².